The predicted octanol–water partition coefficient (Wildman–Crippen LogP) is 3.28. The zero-order chi connectivity index (χ0) is 20.1. The number of rotatable bonds is 8. The molecule has 0 bridgehead atoms. The van der Waals surface area contributed by atoms with E-state index >= 15 is 0 Å². The van der Waals surface area contributed by atoms with Crippen molar-refractivity contribution in [2.45, 2.75) is 26.1 Å². The second kappa shape index (κ2) is 8.83. The van der Waals surface area contributed by atoms with Gasteiger partial charge in [-0.25, -0.2) is 0 Å². The summed E-state index contributed by atoms with van der Waals surface area (Å²) < 4.78 is 27.3. The molecule has 8 nitrogen and oxygen atoms in total. The summed E-state index contributed by atoms with van der Waals surface area (Å²) in [6.45, 7) is 3.90. The number of hydrogen-bond acceptors (Lipinski definition) is 8. The molecule has 0 fully saturated rings. The fourth-order valence-electron chi connectivity index (χ4n) is 2.93. The number of hydrogen-bond donors (Lipinski definition) is 1. The molecule has 0 unspecified atom stereocenters. The molecule has 0 saturated heterocycles. The maximum absolute atomic E-state index is 5.67. The van der Waals surface area contributed by atoms with E-state index in [-0.39, 0.29) is 12.6 Å². The zero-order valence-corrected chi connectivity index (χ0v) is 16.4. The van der Waals surface area contributed by atoms with Gasteiger partial charge in [-0.1, -0.05) is 11.2 Å². The normalized spacial score (nSPS) is 13.7. The van der Waals surface area contributed by atoms with Crippen LogP contribution in [0.1, 0.15) is 30.2 Å². The molecule has 0 amide bonds. The average Bonchev–Trinajstić information content (AvgIpc) is 3.24. The minimum absolute atomic E-state index is 0.0803. The number of nitrogens with one attached hydrogen (secondary N) is 1. The van der Waals surface area contributed by atoms with Crippen molar-refractivity contribution in [1.82, 2.24) is 15.5 Å². The molecule has 1 aliphatic rings. The van der Waals surface area contributed by atoms with Crippen LogP contribution >= 0.6 is 0 Å². The fourth-order valence-corrected chi connectivity index (χ4v) is 2.93. The van der Waals surface area contributed by atoms with Gasteiger partial charge in [0.1, 0.15) is 24.7 Å². The standard InChI is InChI=1S/C21H23N3O5/c1-14(15-3-8-18-19(11-15)27-10-9-26-18)22-12-21-23-20(24-29-21)13-28-17-6-4-16(25-2)5-7-17/h3-8,11,14,22H,9-10,12-13H2,1-2H3/t14-/m0/s1. The third-order valence-electron chi connectivity index (χ3n) is 4.56. The Morgan fingerprint density at radius 3 is 2.59 bits per heavy atom. The Labute approximate surface area is 168 Å². The summed E-state index contributed by atoms with van der Waals surface area (Å²) in [6.07, 6.45) is 0. The van der Waals surface area contributed by atoms with E-state index in [1.807, 2.05) is 42.5 Å². The van der Waals surface area contributed by atoms with Gasteiger partial charge in [0.2, 0.25) is 11.7 Å². The molecule has 8 heteroatoms. The SMILES string of the molecule is COc1ccc(OCc2noc(CN[C@@H](C)c3ccc4c(c3)OCCO4)n2)cc1. The number of aromatic nitrogens is 2. The van der Waals surface area contributed by atoms with Crippen molar-refractivity contribution in [2.75, 3.05) is 20.3 Å². The van der Waals surface area contributed by atoms with E-state index in [1.165, 1.54) is 0 Å². The molecule has 1 aliphatic heterocycles. The van der Waals surface area contributed by atoms with Crippen LogP contribution in [0.25, 0.3) is 0 Å². The molecule has 1 N–H and O–H groups in total. The van der Waals surface area contributed by atoms with Gasteiger partial charge in [-0.15, -0.1) is 0 Å². The van der Waals surface area contributed by atoms with E-state index in [0.29, 0.717) is 37.2 Å². The minimum atomic E-state index is 0.0803. The fraction of sp³-hybridized carbons (Fsp3) is 0.333. The second-order valence-corrected chi connectivity index (χ2v) is 6.57. The maximum Gasteiger partial charge on any atom is 0.240 e. The smallest absolute Gasteiger partial charge is 0.240 e. The van der Waals surface area contributed by atoms with Crippen LogP contribution in [0, 0.1) is 0 Å². The molecule has 0 radical (unpaired) electrons. The van der Waals surface area contributed by atoms with Gasteiger partial charge in [-0.2, -0.15) is 4.98 Å². The lowest BCUT2D eigenvalue weighted by Gasteiger charge is -2.20. The molecular formula is C21H23N3O5. The first-order valence-corrected chi connectivity index (χ1v) is 9.42. The van der Waals surface area contributed by atoms with Gasteiger partial charge in [0.15, 0.2) is 18.1 Å². The Balaban J connectivity index is 1.28. The van der Waals surface area contributed by atoms with Gasteiger partial charge in [0.25, 0.3) is 0 Å². The quantitative estimate of drug-likeness (QED) is 0.620. The van der Waals surface area contributed by atoms with Crippen LogP contribution in [0.2, 0.25) is 0 Å². The molecule has 29 heavy (non-hydrogen) atoms. The molecule has 0 saturated carbocycles. The molecule has 2 heterocycles. The first kappa shape index (κ1) is 19.1. The highest BCUT2D eigenvalue weighted by Crippen LogP contribution is 2.32. The summed E-state index contributed by atoms with van der Waals surface area (Å²) in [5, 5.41) is 7.34. The Bertz CT molecular complexity index is 942. The van der Waals surface area contributed by atoms with Crippen LogP contribution in [0.5, 0.6) is 23.0 Å². The van der Waals surface area contributed by atoms with Crippen LogP contribution in [0.4, 0.5) is 0 Å². The van der Waals surface area contributed by atoms with Crippen LogP contribution in [-0.2, 0) is 13.2 Å². The van der Waals surface area contributed by atoms with E-state index < -0.39 is 0 Å². The summed E-state index contributed by atoms with van der Waals surface area (Å²) >= 11 is 0. The van der Waals surface area contributed by atoms with Gasteiger partial charge >= 0.3 is 0 Å². The van der Waals surface area contributed by atoms with Gasteiger partial charge < -0.3 is 28.8 Å². The lowest BCUT2D eigenvalue weighted by atomic mass is 10.1. The molecule has 1 aromatic heterocycles. The molecule has 152 valence electrons. The van der Waals surface area contributed by atoms with E-state index in [0.717, 1.165) is 22.8 Å². The van der Waals surface area contributed by atoms with Crippen LogP contribution in [0.15, 0.2) is 47.0 Å². The Morgan fingerprint density at radius 2 is 1.79 bits per heavy atom. The van der Waals surface area contributed by atoms with E-state index in [2.05, 4.69) is 22.4 Å². The highest BCUT2D eigenvalue weighted by molar-refractivity contribution is 5.44. The Hall–Kier alpha value is -3.26. The number of nitrogens with zero attached hydrogens (tertiary/aromatic N) is 2. The number of methoxy groups -OCH3 is 1. The maximum atomic E-state index is 5.67. The molecule has 0 spiro atoms. The second-order valence-electron chi connectivity index (χ2n) is 6.57. The molecule has 1 atom stereocenters. The summed E-state index contributed by atoms with van der Waals surface area (Å²) in [6, 6.07) is 13.4. The van der Waals surface area contributed by atoms with Gasteiger partial charge in [-0.3, -0.25) is 0 Å². The Kier molecular flexibility index (Phi) is 5.81. The average molecular weight is 397 g/mol. The van der Waals surface area contributed by atoms with Gasteiger partial charge in [-0.05, 0) is 48.9 Å². The molecular weight excluding hydrogens is 374 g/mol. The number of ether oxygens (including phenoxy) is 4. The molecule has 0 aliphatic carbocycles. The molecule has 2 aromatic carbocycles. The number of benzene rings is 2. The Morgan fingerprint density at radius 1 is 1.03 bits per heavy atom. The summed E-state index contributed by atoms with van der Waals surface area (Å²) in [4.78, 5) is 4.36. The number of fused-ring (bicyclic) bond motifs is 1. The highest BCUT2D eigenvalue weighted by Gasteiger charge is 2.15. The van der Waals surface area contributed by atoms with Crippen LogP contribution < -0.4 is 24.3 Å². The minimum Gasteiger partial charge on any atom is -0.497 e. The van der Waals surface area contributed by atoms with E-state index in [4.69, 9.17) is 23.5 Å². The van der Waals surface area contributed by atoms with E-state index in [9.17, 15) is 0 Å². The topological polar surface area (TPSA) is 87.9 Å². The summed E-state index contributed by atoms with van der Waals surface area (Å²) in [5.41, 5.74) is 1.09. The highest BCUT2D eigenvalue weighted by atomic mass is 16.6. The summed E-state index contributed by atoms with van der Waals surface area (Å²) in [7, 11) is 1.62. The molecule has 4 rings (SSSR count). The zero-order valence-electron chi connectivity index (χ0n) is 16.4. The van der Waals surface area contributed by atoms with Crippen molar-refractivity contribution in [1.29, 1.82) is 0 Å². The van der Waals surface area contributed by atoms with Crippen molar-refractivity contribution in [3.05, 3.63) is 59.7 Å². The van der Waals surface area contributed by atoms with Crippen molar-refractivity contribution < 1.29 is 23.5 Å². The van der Waals surface area contributed by atoms with Crippen LogP contribution in [0.3, 0.4) is 0 Å². The monoisotopic (exact) mass is 397 g/mol. The van der Waals surface area contributed by atoms with Crippen molar-refractivity contribution >= 4 is 0 Å². The lowest BCUT2D eigenvalue weighted by Crippen LogP contribution is -2.19. The summed E-state index contributed by atoms with van der Waals surface area (Å²) in [5.74, 6) is 4.04. The molecule has 3 aromatic rings. The third kappa shape index (κ3) is 4.78. The third-order valence-corrected chi connectivity index (χ3v) is 4.56. The van der Waals surface area contributed by atoms with Crippen molar-refractivity contribution in [3.63, 3.8) is 0 Å². The largest absolute Gasteiger partial charge is 0.497 e. The van der Waals surface area contributed by atoms with Crippen LogP contribution in [-0.4, -0.2) is 30.5 Å². The van der Waals surface area contributed by atoms with Crippen molar-refractivity contribution in [3.8, 4) is 23.0 Å². The lowest BCUT2D eigenvalue weighted by molar-refractivity contribution is 0.171. The van der Waals surface area contributed by atoms with E-state index in [1.54, 1.807) is 7.11 Å². The van der Waals surface area contributed by atoms with Gasteiger partial charge in [0, 0.05) is 6.04 Å². The first-order chi connectivity index (χ1) is 14.2. The van der Waals surface area contributed by atoms with Gasteiger partial charge in [0.05, 0.1) is 13.7 Å². The predicted molar refractivity (Wildman–Crippen MR) is 104 cm³/mol. The van der Waals surface area contributed by atoms with Crippen molar-refractivity contribution in [2.24, 2.45) is 0 Å². The first-order valence-electron chi connectivity index (χ1n) is 9.42.